The van der Waals surface area contributed by atoms with Crippen LogP contribution in [0, 0.1) is 6.92 Å². The van der Waals surface area contributed by atoms with Crippen molar-refractivity contribution in [1.29, 1.82) is 0 Å². The van der Waals surface area contributed by atoms with Crippen molar-refractivity contribution in [3.63, 3.8) is 0 Å². The average Bonchev–Trinajstić information content (AvgIpc) is 3.67. The summed E-state index contributed by atoms with van der Waals surface area (Å²) < 4.78 is 14.5. The predicted octanol–water partition coefficient (Wildman–Crippen LogP) is 4.38. The van der Waals surface area contributed by atoms with Crippen molar-refractivity contribution in [2.45, 2.75) is 90.4 Å². The van der Waals surface area contributed by atoms with Gasteiger partial charge in [-0.15, -0.1) is 0 Å². The molecule has 3 aromatic heterocycles. The third kappa shape index (κ3) is 7.38. The molecule has 5 aromatic rings. The second-order valence-corrected chi connectivity index (χ2v) is 11.9. The molecule has 46 heavy (non-hydrogen) atoms. The van der Waals surface area contributed by atoms with E-state index in [0.717, 1.165) is 65.6 Å². The molecule has 12 heteroatoms. The fraction of sp³-hybridized carbons (Fsp3) is 0.441. The molecule has 1 aliphatic rings. The third-order valence-electron chi connectivity index (χ3n) is 8.75. The molecular weight excluding hydrogens is 612 g/mol. The monoisotopic (exact) mass is 652 g/mol. The SMILES string of the molecule is CCCc1c(Cc2ccc(-c3ccccc3-c3noc(=O)[nH]3)cc2)c(=O)n(C2CCC(OCC(O)CC)CC2)c2nc(C)nn12.[KH]. The first-order valence-corrected chi connectivity index (χ1v) is 15.9. The molecule has 1 saturated carbocycles. The van der Waals surface area contributed by atoms with Gasteiger partial charge in [-0.2, -0.15) is 10.1 Å². The Bertz CT molecular complexity index is 1880. The van der Waals surface area contributed by atoms with Crippen LogP contribution in [0.15, 0.2) is 62.6 Å². The first kappa shape index (κ1) is 34.6. The first-order chi connectivity index (χ1) is 21.9. The van der Waals surface area contributed by atoms with Gasteiger partial charge in [-0.05, 0) is 62.1 Å². The molecule has 1 atom stereocenters. The predicted molar refractivity (Wildman–Crippen MR) is 177 cm³/mol. The quantitative estimate of drug-likeness (QED) is 0.201. The van der Waals surface area contributed by atoms with E-state index in [4.69, 9.17) is 19.3 Å². The van der Waals surface area contributed by atoms with Crippen LogP contribution in [0.1, 0.15) is 81.1 Å². The maximum atomic E-state index is 14.4. The number of nitrogens with zero attached hydrogens (tertiary/aromatic N) is 5. The van der Waals surface area contributed by atoms with Crippen LogP contribution in [-0.2, 0) is 17.6 Å². The number of aliphatic hydroxyl groups excluding tert-OH is 1. The standard InChI is InChI=1S/C34H40N6O5.K.H/c1-4-8-30-29(19-22-11-13-23(14-12-22)27-9-6-7-10-28(27)31-36-34(43)45-38-31)32(42)39(33-35-21(3)37-40(30)33)24-15-17-26(18-16-24)44-20-25(41)5-2;;/h6-7,9-14,24-26,41H,4-5,8,15-20H2,1-3H3,(H,36,38,43);;. The molecule has 3 heterocycles. The summed E-state index contributed by atoms with van der Waals surface area (Å²) in [5.74, 6) is 1.02. The summed E-state index contributed by atoms with van der Waals surface area (Å²) in [6, 6.07) is 15.8. The van der Waals surface area contributed by atoms with Crippen LogP contribution in [0.25, 0.3) is 28.3 Å². The van der Waals surface area contributed by atoms with E-state index in [1.807, 2.05) is 71.5 Å². The number of hydrogen-bond donors (Lipinski definition) is 2. The number of aryl methyl sites for hydroxylation is 2. The van der Waals surface area contributed by atoms with Gasteiger partial charge in [-0.3, -0.25) is 18.9 Å². The fourth-order valence-corrected chi connectivity index (χ4v) is 6.36. The summed E-state index contributed by atoms with van der Waals surface area (Å²) in [4.78, 5) is 33.3. The number of benzene rings is 2. The molecule has 0 radical (unpaired) electrons. The molecule has 0 amide bonds. The van der Waals surface area contributed by atoms with Crippen LogP contribution in [0.2, 0.25) is 0 Å². The molecule has 0 saturated heterocycles. The molecule has 6 rings (SSSR count). The van der Waals surface area contributed by atoms with Crippen molar-refractivity contribution in [2.24, 2.45) is 0 Å². The summed E-state index contributed by atoms with van der Waals surface area (Å²) in [5.41, 5.74) is 5.28. The van der Waals surface area contributed by atoms with Gasteiger partial charge in [0, 0.05) is 23.6 Å². The van der Waals surface area contributed by atoms with Crippen LogP contribution in [0.4, 0.5) is 0 Å². The molecule has 0 aliphatic heterocycles. The molecule has 11 nitrogen and oxygen atoms in total. The molecule has 2 N–H and O–H groups in total. The van der Waals surface area contributed by atoms with E-state index < -0.39 is 11.9 Å². The minimum absolute atomic E-state index is 0. The van der Waals surface area contributed by atoms with E-state index >= 15 is 0 Å². The molecule has 1 fully saturated rings. The molecular formula is C34H41KN6O5. The Hall–Kier alpha value is -2.71. The van der Waals surface area contributed by atoms with Crippen LogP contribution in [-0.4, -0.2) is 105 Å². The number of ether oxygens (including phenoxy) is 1. The number of aromatic amines is 1. The molecule has 0 bridgehead atoms. The van der Waals surface area contributed by atoms with Crippen LogP contribution in [0.5, 0.6) is 0 Å². The van der Waals surface area contributed by atoms with E-state index in [2.05, 4.69) is 17.1 Å². The van der Waals surface area contributed by atoms with E-state index in [1.54, 1.807) is 0 Å². The van der Waals surface area contributed by atoms with Gasteiger partial charge in [0.25, 0.3) is 5.56 Å². The van der Waals surface area contributed by atoms with Gasteiger partial charge in [-0.1, -0.05) is 74.0 Å². The number of hydrogen-bond acceptors (Lipinski definition) is 8. The van der Waals surface area contributed by atoms with Crippen molar-refractivity contribution in [2.75, 3.05) is 6.61 Å². The van der Waals surface area contributed by atoms with Crippen LogP contribution in [0.3, 0.4) is 0 Å². The Balaban J connectivity index is 0.00000417. The minimum atomic E-state index is -0.601. The first-order valence-electron chi connectivity index (χ1n) is 15.9. The number of nitrogens with one attached hydrogen (secondary N) is 1. The molecule has 0 spiro atoms. The van der Waals surface area contributed by atoms with Gasteiger partial charge in [0.05, 0.1) is 24.5 Å². The molecule has 2 aromatic carbocycles. The molecule has 1 aliphatic carbocycles. The zero-order valence-electron chi connectivity index (χ0n) is 26.0. The Morgan fingerprint density at radius 2 is 1.76 bits per heavy atom. The summed E-state index contributed by atoms with van der Waals surface area (Å²) in [5, 5.41) is 18.5. The van der Waals surface area contributed by atoms with Gasteiger partial charge in [0.1, 0.15) is 5.82 Å². The second kappa shape index (κ2) is 15.5. The summed E-state index contributed by atoms with van der Waals surface area (Å²) >= 11 is 0. The van der Waals surface area contributed by atoms with Gasteiger partial charge in [0.2, 0.25) is 5.78 Å². The number of aliphatic hydroxyl groups is 1. The normalized spacial score (nSPS) is 17.2. The van der Waals surface area contributed by atoms with Crippen molar-refractivity contribution >= 4 is 57.2 Å². The summed E-state index contributed by atoms with van der Waals surface area (Å²) in [6.07, 6.45) is 5.60. The Labute approximate surface area is 309 Å². The summed E-state index contributed by atoms with van der Waals surface area (Å²) in [6.45, 7) is 6.27. The summed E-state index contributed by atoms with van der Waals surface area (Å²) in [7, 11) is 0. The Morgan fingerprint density at radius 3 is 2.41 bits per heavy atom. The number of H-pyrrole nitrogens is 1. The third-order valence-corrected chi connectivity index (χ3v) is 8.75. The average molecular weight is 653 g/mol. The van der Waals surface area contributed by atoms with Gasteiger partial charge in [-0.25, -0.2) is 9.31 Å². The van der Waals surface area contributed by atoms with E-state index in [0.29, 0.717) is 43.3 Å². The topological polar surface area (TPSA) is 141 Å². The van der Waals surface area contributed by atoms with Crippen molar-refractivity contribution in [1.82, 2.24) is 29.3 Å². The van der Waals surface area contributed by atoms with Gasteiger partial charge < -0.3 is 9.84 Å². The van der Waals surface area contributed by atoms with E-state index in [1.165, 1.54) is 0 Å². The van der Waals surface area contributed by atoms with Gasteiger partial charge in [0.15, 0.2) is 5.82 Å². The Morgan fingerprint density at radius 1 is 1.04 bits per heavy atom. The van der Waals surface area contributed by atoms with Crippen molar-refractivity contribution < 1.29 is 14.4 Å². The van der Waals surface area contributed by atoms with Gasteiger partial charge >= 0.3 is 57.1 Å². The van der Waals surface area contributed by atoms with Crippen molar-refractivity contribution in [3.8, 4) is 22.5 Å². The fourth-order valence-electron chi connectivity index (χ4n) is 6.36. The van der Waals surface area contributed by atoms with E-state index in [9.17, 15) is 14.7 Å². The van der Waals surface area contributed by atoms with E-state index in [-0.39, 0.29) is 69.1 Å². The van der Waals surface area contributed by atoms with Crippen molar-refractivity contribution in [3.05, 3.63) is 92.1 Å². The number of fused-ring (bicyclic) bond motifs is 1. The Kier molecular flexibility index (Phi) is 11.6. The number of aromatic nitrogens is 6. The zero-order chi connectivity index (χ0) is 31.5. The van der Waals surface area contributed by atoms with Crippen LogP contribution < -0.4 is 11.3 Å². The zero-order valence-corrected chi connectivity index (χ0v) is 26.0. The molecule has 238 valence electrons. The second-order valence-electron chi connectivity index (χ2n) is 11.9. The number of rotatable bonds is 11. The van der Waals surface area contributed by atoms with Crippen LogP contribution >= 0.6 is 0 Å². The molecule has 1 unspecified atom stereocenters. The maximum absolute atomic E-state index is 14.4.